The van der Waals surface area contributed by atoms with Crippen molar-refractivity contribution in [1.29, 1.82) is 0 Å². The average Bonchev–Trinajstić information content (AvgIpc) is 2.72. The molecular formula is C24H51NO4. The molecule has 0 fully saturated rings. The normalized spacial score (nSPS) is 13.9. The van der Waals surface area contributed by atoms with E-state index in [1.54, 1.807) is 0 Å². The zero-order valence-corrected chi connectivity index (χ0v) is 19.7. The zero-order chi connectivity index (χ0) is 21.6. The van der Waals surface area contributed by atoms with Crippen LogP contribution in [-0.4, -0.2) is 60.5 Å². The largest absolute Gasteiger partial charge is 0.396 e. The van der Waals surface area contributed by atoms with Crippen LogP contribution >= 0.6 is 0 Å². The number of aliphatic hydroxyl groups is 2. The molecule has 0 saturated heterocycles. The van der Waals surface area contributed by atoms with Gasteiger partial charge in [0, 0.05) is 6.61 Å². The third-order valence-electron chi connectivity index (χ3n) is 5.66. The first kappa shape index (κ1) is 28.8. The summed E-state index contributed by atoms with van der Waals surface area (Å²) in [4.78, 5) is 2.39. The van der Waals surface area contributed by atoms with Crippen LogP contribution in [0.25, 0.3) is 0 Å². The van der Waals surface area contributed by atoms with Crippen molar-refractivity contribution in [1.82, 2.24) is 4.90 Å². The Bertz CT molecular complexity index is 313. The van der Waals surface area contributed by atoms with Crippen molar-refractivity contribution in [3.63, 3.8) is 0 Å². The van der Waals surface area contributed by atoms with Crippen LogP contribution in [0.5, 0.6) is 0 Å². The maximum atomic E-state index is 9.97. The molecule has 0 heterocycles. The standard InChI is InChI=1S/C24H51NO4/c1-4-7-8-9-10-11-12-13-14-15-18-23(19-21-26)29-24(27)28-22-17-16-20-25(5-2)6-3/h23-24,26-27H,4-22H2,1-3H3. The third kappa shape index (κ3) is 19.5. The van der Waals surface area contributed by atoms with Gasteiger partial charge in [-0.15, -0.1) is 0 Å². The Morgan fingerprint density at radius 3 is 1.86 bits per heavy atom. The highest BCUT2D eigenvalue weighted by Gasteiger charge is 2.14. The lowest BCUT2D eigenvalue weighted by atomic mass is 10.0. The summed E-state index contributed by atoms with van der Waals surface area (Å²) in [5, 5.41) is 19.2. The van der Waals surface area contributed by atoms with Crippen molar-refractivity contribution in [3.05, 3.63) is 0 Å². The highest BCUT2D eigenvalue weighted by molar-refractivity contribution is 4.59. The van der Waals surface area contributed by atoms with Gasteiger partial charge in [-0.1, -0.05) is 85.0 Å². The van der Waals surface area contributed by atoms with Crippen LogP contribution in [0.4, 0.5) is 0 Å². The van der Waals surface area contributed by atoms with Crippen molar-refractivity contribution >= 4 is 0 Å². The molecule has 5 heteroatoms. The molecule has 0 aromatic heterocycles. The van der Waals surface area contributed by atoms with Gasteiger partial charge in [-0.3, -0.25) is 0 Å². The predicted octanol–water partition coefficient (Wildman–Crippen LogP) is 5.48. The molecule has 0 aromatic rings. The fraction of sp³-hybridized carbons (Fsp3) is 1.00. The number of nitrogens with zero attached hydrogens (tertiary/aromatic N) is 1. The van der Waals surface area contributed by atoms with Crippen molar-refractivity contribution in [2.45, 2.75) is 123 Å². The van der Waals surface area contributed by atoms with E-state index < -0.39 is 6.48 Å². The zero-order valence-electron chi connectivity index (χ0n) is 19.7. The topological polar surface area (TPSA) is 62.2 Å². The fourth-order valence-corrected chi connectivity index (χ4v) is 3.65. The molecule has 0 saturated carbocycles. The number of aliphatic hydroxyl groups excluding tert-OH is 2. The molecule has 0 spiro atoms. The van der Waals surface area contributed by atoms with Crippen molar-refractivity contribution in [2.24, 2.45) is 0 Å². The second-order valence-electron chi connectivity index (χ2n) is 8.15. The van der Waals surface area contributed by atoms with E-state index >= 15 is 0 Å². The molecule has 2 atom stereocenters. The smallest absolute Gasteiger partial charge is 0.269 e. The molecule has 29 heavy (non-hydrogen) atoms. The summed E-state index contributed by atoms with van der Waals surface area (Å²) in [5.74, 6) is 0. The molecule has 0 aliphatic carbocycles. The average molecular weight is 418 g/mol. The molecule has 5 nitrogen and oxygen atoms in total. The molecule has 0 aromatic carbocycles. The van der Waals surface area contributed by atoms with Gasteiger partial charge < -0.3 is 24.6 Å². The summed E-state index contributed by atoms with van der Waals surface area (Å²) in [6, 6.07) is 0. The molecule has 2 N–H and O–H groups in total. The molecule has 0 bridgehead atoms. The summed E-state index contributed by atoms with van der Waals surface area (Å²) in [7, 11) is 0. The summed E-state index contributed by atoms with van der Waals surface area (Å²) >= 11 is 0. The van der Waals surface area contributed by atoms with Crippen LogP contribution < -0.4 is 0 Å². The predicted molar refractivity (Wildman–Crippen MR) is 122 cm³/mol. The van der Waals surface area contributed by atoms with E-state index in [1.807, 2.05) is 0 Å². The summed E-state index contributed by atoms with van der Waals surface area (Å²) in [6.07, 6.45) is 16.3. The van der Waals surface area contributed by atoms with Gasteiger partial charge in [-0.2, -0.15) is 0 Å². The Kier molecular flexibility index (Phi) is 22.3. The van der Waals surface area contributed by atoms with Crippen molar-refractivity contribution in [2.75, 3.05) is 32.8 Å². The van der Waals surface area contributed by atoms with Gasteiger partial charge in [0.2, 0.25) is 0 Å². The van der Waals surface area contributed by atoms with Crippen LogP contribution in [-0.2, 0) is 9.47 Å². The third-order valence-corrected chi connectivity index (χ3v) is 5.66. The van der Waals surface area contributed by atoms with Gasteiger partial charge in [0.05, 0.1) is 12.7 Å². The van der Waals surface area contributed by atoms with E-state index in [-0.39, 0.29) is 12.7 Å². The highest BCUT2D eigenvalue weighted by Crippen LogP contribution is 2.15. The Morgan fingerprint density at radius 2 is 1.31 bits per heavy atom. The van der Waals surface area contributed by atoms with Crippen LogP contribution in [0.15, 0.2) is 0 Å². The monoisotopic (exact) mass is 417 g/mol. The second kappa shape index (κ2) is 22.5. The van der Waals surface area contributed by atoms with E-state index in [0.717, 1.165) is 45.3 Å². The number of hydrogen-bond acceptors (Lipinski definition) is 5. The molecule has 0 aliphatic heterocycles. The highest BCUT2D eigenvalue weighted by atomic mass is 16.8. The first-order valence-electron chi connectivity index (χ1n) is 12.5. The molecule has 2 unspecified atom stereocenters. The van der Waals surface area contributed by atoms with Crippen molar-refractivity contribution in [3.8, 4) is 0 Å². The molecular weight excluding hydrogens is 366 g/mol. The quantitative estimate of drug-likeness (QED) is 0.170. The lowest BCUT2D eigenvalue weighted by Gasteiger charge is -2.21. The maximum absolute atomic E-state index is 9.97. The number of rotatable bonds is 23. The number of unbranched alkanes of at least 4 members (excludes halogenated alkanes) is 10. The minimum atomic E-state index is -1.18. The van der Waals surface area contributed by atoms with E-state index in [0.29, 0.717) is 13.0 Å². The van der Waals surface area contributed by atoms with Gasteiger partial charge in [0.15, 0.2) is 0 Å². The van der Waals surface area contributed by atoms with Gasteiger partial charge in [-0.05, 0) is 45.3 Å². The van der Waals surface area contributed by atoms with E-state index in [2.05, 4.69) is 25.7 Å². The fourth-order valence-electron chi connectivity index (χ4n) is 3.65. The second-order valence-corrected chi connectivity index (χ2v) is 8.15. The summed E-state index contributed by atoms with van der Waals surface area (Å²) in [6.45, 7) is 9.23. The van der Waals surface area contributed by atoms with Crippen molar-refractivity contribution < 1.29 is 19.7 Å². The minimum Gasteiger partial charge on any atom is -0.396 e. The van der Waals surface area contributed by atoms with Crippen LogP contribution in [0.3, 0.4) is 0 Å². The Balaban J connectivity index is 3.68. The van der Waals surface area contributed by atoms with Crippen LogP contribution in [0.1, 0.15) is 111 Å². The van der Waals surface area contributed by atoms with Crippen LogP contribution in [0, 0.1) is 0 Å². The van der Waals surface area contributed by atoms with Gasteiger partial charge in [0.25, 0.3) is 6.48 Å². The van der Waals surface area contributed by atoms with E-state index in [4.69, 9.17) is 9.47 Å². The number of ether oxygens (including phenoxy) is 2. The van der Waals surface area contributed by atoms with Gasteiger partial charge >= 0.3 is 0 Å². The lowest BCUT2D eigenvalue weighted by Crippen LogP contribution is -2.26. The molecule has 0 radical (unpaired) electrons. The lowest BCUT2D eigenvalue weighted by molar-refractivity contribution is -0.284. The Morgan fingerprint density at radius 1 is 0.724 bits per heavy atom. The number of hydrogen-bond donors (Lipinski definition) is 2. The first-order valence-corrected chi connectivity index (χ1v) is 12.5. The Hall–Kier alpha value is -0.200. The first-order chi connectivity index (χ1) is 14.2. The van der Waals surface area contributed by atoms with E-state index in [9.17, 15) is 10.2 Å². The molecule has 0 amide bonds. The van der Waals surface area contributed by atoms with Gasteiger partial charge in [-0.25, -0.2) is 0 Å². The maximum Gasteiger partial charge on any atom is 0.269 e. The molecule has 176 valence electrons. The minimum absolute atomic E-state index is 0.0824. The molecule has 0 rings (SSSR count). The van der Waals surface area contributed by atoms with Crippen LogP contribution in [0.2, 0.25) is 0 Å². The van der Waals surface area contributed by atoms with E-state index in [1.165, 1.54) is 57.8 Å². The summed E-state index contributed by atoms with van der Waals surface area (Å²) < 4.78 is 11.0. The molecule has 0 aliphatic rings. The van der Waals surface area contributed by atoms with Gasteiger partial charge in [0.1, 0.15) is 0 Å². The Labute approximate surface area is 181 Å². The SMILES string of the molecule is CCCCCCCCCCCCC(CCO)OC(O)OCCCCN(CC)CC. The summed E-state index contributed by atoms with van der Waals surface area (Å²) in [5.41, 5.74) is 0.